The molecule has 1 N–H and O–H groups in total. The second kappa shape index (κ2) is 7.54. The molecule has 0 saturated heterocycles. The van der Waals surface area contributed by atoms with Gasteiger partial charge in [-0.3, -0.25) is 14.9 Å². The number of benzene rings is 2. The van der Waals surface area contributed by atoms with Crippen molar-refractivity contribution in [2.45, 2.75) is 20.4 Å². The largest absolute Gasteiger partial charge is 0.484 e. The Kier molecular flexibility index (Phi) is 5.47. The molecule has 0 saturated carbocycles. The van der Waals surface area contributed by atoms with Gasteiger partial charge in [0.25, 0.3) is 11.6 Å². The van der Waals surface area contributed by atoms with E-state index in [2.05, 4.69) is 5.32 Å². The standard InChI is InChI=1S/C17H17FN2O4/c1-11-7-13(3-5-15(11)18)9-19-17(21)10-24-14-4-6-16(20(22)23)12(2)8-14/h3-8H,9-10H2,1-2H3,(H,19,21). The van der Waals surface area contributed by atoms with E-state index in [1.807, 2.05) is 0 Å². The average Bonchev–Trinajstić information content (AvgIpc) is 2.53. The predicted octanol–water partition coefficient (Wildman–Crippen LogP) is 3.05. The number of ether oxygens (including phenoxy) is 1. The monoisotopic (exact) mass is 332 g/mol. The van der Waals surface area contributed by atoms with Crippen molar-refractivity contribution in [1.29, 1.82) is 0 Å². The van der Waals surface area contributed by atoms with Crippen LogP contribution in [0, 0.1) is 29.8 Å². The van der Waals surface area contributed by atoms with Gasteiger partial charge in [-0.15, -0.1) is 0 Å². The number of nitro benzene ring substituents is 1. The molecule has 1 amide bonds. The lowest BCUT2D eigenvalue weighted by Gasteiger charge is -2.09. The van der Waals surface area contributed by atoms with Crippen molar-refractivity contribution in [2.24, 2.45) is 0 Å². The van der Waals surface area contributed by atoms with Crippen molar-refractivity contribution >= 4 is 11.6 Å². The fraction of sp³-hybridized carbons (Fsp3) is 0.235. The van der Waals surface area contributed by atoms with E-state index >= 15 is 0 Å². The fourth-order valence-corrected chi connectivity index (χ4v) is 2.14. The third-order valence-electron chi connectivity index (χ3n) is 3.45. The number of aryl methyl sites for hydroxylation is 2. The predicted molar refractivity (Wildman–Crippen MR) is 86.3 cm³/mol. The maximum atomic E-state index is 13.2. The number of hydrogen-bond donors (Lipinski definition) is 1. The summed E-state index contributed by atoms with van der Waals surface area (Å²) in [7, 11) is 0. The van der Waals surface area contributed by atoms with Crippen LogP contribution in [0.1, 0.15) is 16.7 Å². The first kappa shape index (κ1) is 17.4. The minimum Gasteiger partial charge on any atom is -0.484 e. The van der Waals surface area contributed by atoms with Crippen LogP contribution < -0.4 is 10.1 Å². The molecule has 0 aliphatic carbocycles. The third kappa shape index (κ3) is 4.52. The molecule has 24 heavy (non-hydrogen) atoms. The number of rotatable bonds is 6. The normalized spacial score (nSPS) is 10.3. The van der Waals surface area contributed by atoms with Crippen LogP contribution in [0.5, 0.6) is 5.75 Å². The molecule has 6 nitrogen and oxygen atoms in total. The summed E-state index contributed by atoms with van der Waals surface area (Å²) in [5.41, 5.74) is 1.76. The Morgan fingerprint density at radius 1 is 1.21 bits per heavy atom. The van der Waals surface area contributed by atoms with Gasteiger partial charge in [-0.05, 0) is 43.2 Å². The highest BCUT2D eigenvalue weighted by atomic mass is 19.1. The molecule has 0 atom stereocenters. The quantitative estimate of drug-likeness (QED) is 0.651. The Hall–Kier alpha value is -2.96. The number of nitrogens with zero attached hydrogens (tertiary/aromatic N) is 1. The summed E-state index contributed by atoms with van der Waals surface area (Å²) in [6.07, 6.45) is 0. The molecule has 0 aromatic heterocycles. The molecule has 2 aromatic carbocycles. The van der Waals surface area contributed by atoms with Gasteiger partial charge in [0, 0.05) is 18.2 Å². The zero-order valence-electron chi connectivity index (χ0n) is 13.3. The molecule has 0 heterocycles. The summed E-state index contributed by atoms with van der Waals surface area (Å²) >= 11 is 0. The molecule has 0 aliphatic heterocycles. The van der Waals surface area contributed by atoms with Gasteiger partial charge >= 0.3 is 0 Å². The van der Waals surface area contributed by atoms with Crippen molar-refractivity contribution in [3.63, 3.8) is 0 Å². The smallest absolute Gasteiger partial charge is 0.272 e. The van der Waals surface area contributed by atoms with E-state index in [4.69, 9.17) is 4.74 Å². The highest BCUT2D eigenvalue weighted by molar-refractivity contribution is 5.77. The zero-order chi connectivity index (χ0) is 17.7. The minimum atomic E-state index is -0.476. The maximum absolute atomic E-state index is 13.2. The minimum absolute atomic E-state index is 0.00141. The van der Waals surface area contributed by atoms with Crippen LogP contribution in [0.15, 0.2) is 36.4 Å². The molecular formula is C17H17FN2O4. The first-order chi connectivity index (χ1) is 11.4. The molecule has 0 unspecified atom stereocenters. The van der Waals surface area contributed by atoms with Crippen LogP contribution >= 0.6 is 0 Å². The number of amides is 1. The second-order valence-corrected chi connectivity index (χ2v) is 5.35. The molecule has 0 radical (unpaired) electrons. The van der Waals surface area contributed by atoms with Crippen LogP contribution in [-0.4, -0.2) is 17.4 Å². The van der Waals surface area contributed by atoms with E-state index in [1.165, 1.54) is 24.3 Å². The molecular weight excluding hydrogens is 315 g/mol. The molecule has 126 valence electrons. The van der Waals surface area contributed by atoms with E-state index in [-0.39, 0.29) is 30.6 Å². The highest BCUT2D eigenvalue weighted by Crippen LogP contribution is 2.22. The number of nitrogens with one attached hydrogen (secondary N) is 1. The maximum Gasteiger partial charge on any atom is 0.272 e. The van der Waals surface area contributed by atoms with Gasteiger partial charge in [-0.25, -0.2) is 4.39 Å². The van der Waals surface area contributed by atoms with Gasteiger partial charge in [-0.1, -0.05) is 12.1 Å². The Labute approximate surface area is 138 Å². The summed E-state index contributed by atoms with van der Waals surface area (Å²) in [6.45, 7) is 3.31. The SMILES string of the molecule is Cc1cc(CNC(=O)COc2ccc([N+](=O)[O-])c(C)c2)ccc1F. The molecule has 0 spiro atoms. The van der Waals surface area contributed by atoms with Crippen LogP contribution in [0.3, 0.4) is 0 Å². The van der Waals surface area contributed by atoms with Gasteiger partial charge in [0.15, 0.2) is 6.61 Å². The average molecular weight is 332 g/mol. The lowest BCUT2D eigenvalue weighted by atomic mass is 10.1. The van der Waals surface area contributed by atoms with Gasteiger partial charge in [0.2, 0.25) is 0 Å². The summed E-state index contributed by atoms with van der Waals surface area (Å²) < 4.78 is 18.5. The van der Waals surface area contributed by atoms with Crippen molar-refractivity contribution in [2.75, 3.05) is 6.61 Å². The van der Waals surface area contributed by atoms with Crippen molar-refractivity contribution in [1.82, 2.24) is 5.32 Å². The molecule has 2 rings (SSSR count). The fourth-order valence-electron chi connectivity index (χ4n) is 2.14. The molecule has 7 heteroatoms. The first-order valence-corrected chi connectivity index (χ1v) is 7.26. The number of nitro groups is 1. The Bertz CT molecular complexity index is 777. The van der Waals surface area contributed by atoms with Gasteiger partial charge in [-0.2, -0.15) is 0 Å². The van der Waals surface area contributed by atoms with Crippen LogP contribution in [0.25, 0.3) is 0 Å². The number of carbonyl (C=O) groups excluding carboxylic acids is 1. The van der Waals surface area contributed by atoms with Crippen molar-refractivity contribution in [3.8, 4) is 5.75 Å². The van der Waals surface area contributed by atoms with Gasteiger partial charge in [0.1, 0.15) is 11.6 Å². The van der Waals surface area contributed by atoms with E-state index < -0.39 is 4.92 Å². The van der Waals surface area contributed by atoms with Gasteiger partial charge in [0.05, 0.1) is 4.92 Å². The molecule has 0 fully saturated rings. The highest BCUT2D eigenvalue weighted by Gasteiger charge is 2.11. The topological polar surface area (TPSA) is 81.5 Å². The number of carbonyl (C=O) groups is 1. The summed E-state index contributed by atoms with van der Waals surface area (Å²) in [6, 6.07) is 8.91. The van der Waals surface area contributed by atoms with E-state index in [1.54, 1.807) is 26.0 Å². The van der Waals surface area contributed by atoms with Crippen LogP contribution in [0.4, 0.5) is 10.1 Å². The number of hydrogen-bond acceptors (Lipinski definition) is 4. The second-order valence-electron chi connectivity index (χ2n) is 5.35. The van der Waals surface area contributed by atoms with Crippen molar-refractivity contribution in [3.05, 3.63) is 69.0 Å². The van der Waals surface area contributed by atoms with E-state index in [9.17, 15) is 19.3 Å². The zero-order valence-corrected chi connectivity index (χ0v) is 13.3. The van der Waals surface area contributed by atoms with Crippen LogP contribution in [0.2, 0.25) is 0 Å². The van der Waals surface area contributed by atoms with Gasteiger partial charge < -0.3 is 10.1 Å². The van der Waals surface area contributed by atoms with E-state index in [0.29, 0.717) is 16.9 Å². The van der Waals surface area contributed by atoms with E-state index in [0.717, 1.165) is 5.56 Å². The third-order valence-corrected chi connectivity index (χ3v) is 3.45. The lowest BCUT2D eigenvalue weighted by Crippen LogP contribution is -2.28. The first-order valence-electron chi connectivity index (χ1n) is 7.26. The Morgan fingerprint density at radius 2 is 1.96 bits per heavy atom. The molecule has 0 bridgehead atoms. The molecule has 2 aromatic rings. The summed E-state index contributed by atoms with van der Waals surface area (Å²) in [5, 5.41) is 13.4. The Morgan fingerprint density at radius 3 is 2.58 bits per heavy atom. The Balaban J connectivity index is 1.85. The van der Waals surface area contributed by atoms with Crippen LogP contribution in [-0.2, 0) is 11.3 Å². The van der Waals surface area contributed by atoms with Crippen molar-refractivity contribution < 1.29 is 18.8 Å². The lowest BCUT2D eigenvalue weighted by molar-refractivity contribution is -0.385. The summed E-state index contributed by atoms with van der Waals surface area (Å²) in [4.78, 5) is 22.0. The summed E-state index contributed by atoms with van der Waals surface area (Å²) in [5.74, 6) is -0.249. The molecule has 0 aliphatic rings. The number of halogens is 1.